The van der Waals surface area contributed by atoms with Crippen LogP contribution in [0, 0.1) is 24.1 Å². The molecule has 0 radical (unpaired) electrons. The Kier molecular flexibility index (Phi) is 8.12. The average Bonchev–Trinajstić information content (AvgIpc) is 3.19. The number of aromatic nitrogens is 3. The molecule has 0 aliphatic heterocycles. The molecular weight excluding hydrogens is 483 g/mol. The van der Waals surface area contributed by atoms with Crippen LogP contribution >= 0.6 is 15.9 Å². The fraction of sp³-hybridized carbons (Fsp3) is 0.280. The van der Waals surface area contributed by atoms with Gasteiger partial charge in [-0.3, -0.25) is 14.7 Å². The van der Waals surface area contributed by atoms with Gasteiger partial charge in [0.15, 0.2) is 0 Å². The van der Waals surface area contributed by atoms with E-state index in [1.165, 1.54) is 18.3 Å². The maximum absolute atomic E-state index is 14.2. The number of allylic oxidation sites excluding steroid dienone is 1. The molecule has 0 bridgehead atoms. The van der Waals surface area contributed by atoms with Gasteiger partial charge in [-0.05, 0) is 95.9 Å². The van der Waals surface area contributed by atoms with Crippen LogP contribution < -0.4 is 5.73 Å². The van der Waals surface area contributed by atoms with Crippen LogP contribution in [0.3, 0.4) is 0 Å². The van der Waals surface area contributed by atoms with E-state index in [1.54, 1.807) is 29.1 Å². The van der Waals surface area contributed by atoms with Gasteiger partial charge in [-0.1, -0.05) is 6.92 Å². The van der Waals surface area contributed by atoms with Crippen LogP contribution in [-0.4, -0.2) is 20.5 Å². The third kappa shape index (κ3) is 6.14. The minimum Gasteiger partial charge on any atom is -0.405 e. The van der Waals surface area contributed by atoms with E-state index in [2.05, 4.69) is 39.0 Å². The van der Waals surface area contributed by atoms with Gasteiger partial charge in [-0.25, -0.2) is 4.39 Å². The molecule has 2 N–H and O–H groups in total. The summed E-state index contributed by atoms with van der Waals surface area (Å²) < 4.78 is 16.8. The molecule has 170 valence electrons. The highest BCUT2D eigenvalue weighted by Crippen LogP contribution is 2.32. The Labute approximate surface area is 201 Å². The predicted molar refractivity (Wildman–Crippen MR) is 132 cm³/mol. The van der Waals surface area contributed by atoms with Gasteiger partial charge >= 0.3 is 0 Å². The van der Waals surface area contributed by atoms with Gasteiger partial charge in [-0.15, -0.1) is 0 Å². The van der Waals surface area contributed by atoms with Crippen LogP contribution in [0.2, 0.25) is 0 Å². The normalized spacial score (nSPS) is 12.8. The van der Waals surface area contributed by atoms with Crippen LogP contribution in [0.25, 0.3) is 0 Å². The summed E-state index contributed by atoms with van der Waals surface area (Å²) >= 11 is 3.48. The number of aryl methyl sites for hydroxylation is 2. The molecule has 3 rings (SSSR count). The number of hydrogen-bond acceptors (Lipinski definition) is 5. The van der Waals surface area contributed by atoms with Gasteiger partial charge in [0.2, 0.25) is 0 Å². The molecule has 8 heteroatoms. The van der Waals surface area contributed by atoms with Gasteiger partial charge in [0.05, 0.1) is 11.4 Å². The molecule has 0 saturated carbocycles. The smallest absolute Gasteiger partial charge is 0.138 e. The van der Waals surface area contributed by atoms with E-state index in [0.29, 0.717) is 36.5 Å². The molecule has 2 heterocycles. The summed E-state index contributed by atoms with van der Waals surface area (Å²) in [5.74, 6) is -0.307. The number of nitriles is 1. The Morgan fingerprint density at radius 1 is 1.36 bits per heavy atom. The van der Waals surface area contributed by atoms with Crippen LogP contribution in [0.4, 0.5) is 10.1 Å². The van der Waals surface area contributed by atoms with Gasteiger partial charge in [-0.2, -0.15) is 10.4 Å². The second-order valence-corrected chi connectivity index (χ2v) is 8.71. The highest BCUT2D eigenvalue weighted by Gasteiger charge is 2.16. The lowest BCUT2D eigenvalue weighted by Crippen LogP contribution is -2.05. The van der Waals surface area contributed by atoms with E-state index in [9.17, 15) is 9.65 Å². The third-order valence-corrected chi connectivity index (χ3v) is 5.80. The average molecular weight is 509 g/mol. The van der Waals surface area contributed by atoms with Crippen LogP contribution in [0.1, 0.15) is 48.0 Å². The molecular formula is C25H26BrFN6. The summed E-state index contributed by atoms with van der Waals surface area (Å²) in [7, 11) is 0. The highest BCUT2D eigenvalue weighted by atomic mass is 79.9. The summed E-state index contributed by atoms with van der Waals surface area (Å²) in [6.45, 7) is 6.55. The van der Waals surface area contributed by atoms with Crippen molar-refractivity contribution in [2.75, 3.05) is 0 Å². The van der Waals surface area contributed by atoms with Gasteiger partial charge in [0.1, 0.15) is 17.6 Å². The minimum absolute atomic E-state index is 0.00171. The van der Waals surface area contributed by atoms with Crippen molar-refractivity contribution in [3.63, 3.8) is 0 Å². The largest absolute Gasteiger partial charge is 0.405 e. The molecule has 33 heavy (non-hydrogen) atoms. The summed E-state index contributed by atoms with van der Waals surface area (Å²) in [5.41, 5.74) is 11.1. The Morgan fingerprint density at radius 3 is 2.82 bits per heavy atom. The van der Waals surface area contributed by atoms with Crippen molar-refractivity contribution in [1.82, 2.24) is 14.8 Å². The fourth-order valence-corrected chi connectivity index (χ4v) is 4.07. The predicted octanol–water partition coefficient (Wildman–Crippen LogP) is 5.51. The van der Waals surface area contributed by atoms with Crippen LogP contribution in [0.15, 0.2) is 58.3 Å². The zero-order valence-corrected chi connectivity index (χ0v) is 20.5. The third-order valence-electron chi connectivity index (χ3n) is 5.36. The highest BCUT2D eigenvalue weighted by molar-refractivity contribution is 9.10. The van der Waals surface area contributed by atoms with Gasteiger partial charge in [0.25, 0.3) is 0 Å². The monoisotopic (exact) mass is 508 g/mol. The minimum atomic E-state index is -0.309. The van der Waals surface area contributed by atoms with E-state index in [1.807, 2.05) is 19.9 Å². The summed E-state index contributed by atoms with van der Waals surface area (Å²) in [5, 5.41) is 13.8. The van der Waals surface area contributed by atoms with Crippen molar-refractivity contribution in [2.45, 2.75) is 46.1 Å². The van der Waals surface area contributed by atoms with Crippen LogP contribution in [0.5, 0.6) is 0 Å². The zero-order chi connectivity index (χ0) is 24.0. The van der Waals surface area contributed by atoms with E-state index in [0.717, 1.165) is 27.0 Å². The molecule has 1 aromatic carbocycles. The number of nitrogens with two attached hydrogens (primary N) is 1. The second kappa shape index (κ2) is 11.0. The molecule has 0 fully saturated rings. The number of benzene rings is 1. The molecule has 0 unspecified atom stereocenters. The number of aliphatic imine (C=N–C) groups is 1. The maximum Gasteiger partial charge on any atom is 0.138 e. The number of halogens is 2. The molecule has 3 aromatic rings. The first-order valence-electron chi connectivity index (χ1n) is 10.7. The Hall–Kier alpha value is -3.31. The van der Waals surface area contributed by atoms with Gasteiger partial charge < -0.3 is 5.73 Å². The molecule has 0 aliphatic carbocycles. The first kappa shape index (κ1) is 24.3. The fourth-order valence-electron chi connectivity index (χ4n) is 3.69. The molecule has 0 saturated heterocycles. The van der Waals surface area contributed by atoms with Gasteiger partial charge in [0, 0.05) is 35.0 Å². The number of nitrogens with zero attached hydrogens (tertiary/aromatic N) is 5. The molecule has 0 amide bonds. The quantitative estimate of drug-likeness (QED) is 0.405. The lowest BCUT2D eigenvalue weighted by atomic mass is 9.92. The van der Waals surface area contributed by atoms with Crippen molar-refractivity contribution >= 4 is 27.3 Å². The SMILES string of the molecule is CCn1nc(CC(C=CN)=Nc2ccc(F)cc2[C@@H](C)Cc2cc(Br)cnc2C)cc1C#N. The first-order valence-corrected chi connectivity index (χ1v) is 11.5. The summed E-state index contributed by atoms with van der Waals surface area (Å²) in [4.78, 5) is 9.21. The van der Waals surface area contributed by atoms with E-state index < -0.39 is 0 Å². The first-order chi connectivity index (χ1) is 15.8. The molecule has 6 nitrogen and oxygen atoms in total. The van der Waals surface area contributed by atoms with Crippen molar-refractivity contribution in [3.05, 3.63) is 87.3 Å². The van der Waals surface area contributed by atoms with Crippen molar-refractivity contribution in [2.24, 2.45) is 10.7 Å². The number of pyridine rings is 1. The van der Waals surface area contributed by atoms with E-state index in [4.69, 9.17) is 10.7 Å². The molecule has 1 atom stereocenters. The Balaban J connectivity index is 1.96. The molecule has 0 spiro atoms. The Bertz CT molecular complexity index is 1240. The summed E-state index contributed by atoms with van der Waals surface area (Å²) in [6, 6.07) is 10.6. The second-order valence-electron chi connectivity index (χ2n) is 7.79. The van der Waals surface area contributed by atoms with Crippen molar-refractivity contribution < 1.29 is 4.39 Å². The van der Waals surface area contributed by atoms with Crippen LogP contribution in [-0.2, 0) is 19.4 Å². The lowest BCUT2D eigenvalue weighted by Gasteiger charge is -2.16. The van der Waals surface area contributed by atoms with Crippen molar-refractivity contribution in [3.8, 4) is 6.07 Å². The Morgan fingerprint density at radius 2 is 2.15 bits per heavy atom. The lowest BCUT2D eigenvalue weighted by molar-refractivity contribution is 0.621. The number of rotatable bonds is 8. The van der Waals surface area contributed by atoms with E-state index >= 15 is 0 Å². The number of hydrogen-bond donors (Lipinski definition) is 1. The topological polar surface area (TPSA) is 92.9 Å². The maximum atomic E-state index is 14.2. The van der Waals surface area contributed by atoms with Crippen molar-refractivity contribution in [1.29, 1.82) is 5.26 Å². The molecule has 0 aliphatic rings. The molecule has 2 aromatic heterocycles. The summed E-state index contributed by atoms with van der Waals surface area (Å²) in [6.07, 6.45) is 5.99. The zero-order valence-electron chi connectivity index (χ0n) is 18.9. The standard InChI is InChI=1S/C25H26BrFN6/c1-4-33-23(14-29)13-22(32-33)12-21(7-8-28)31-25-6-5-20(27)11-24(25)16(2)9-18-10-19(26)15-30-17(18)3/h5-8,10-11,13,15-16H,4,9,12,28H2,1-3H3/t16-/m0/s1. The van der Waals surface area contributed by atoms with E-state index in [-0.39, 0.29) is 11.7 Å².